The second-order valence-corrected chi connectivity index (χ2v) is 14.0. The van der Waals surface area contributed by atoms with Crippen molar-refractivity contribution < 1.29 is 0 Å². The molecule has 0 amide bonds. The van der Waals surface area contributed by atoms with Crippen LogP contribution < -0.4 is 21.3 Å². The van der Waals surface area contributed by atoms with Gasteiger partial charge in [0.05, 0.1) is 6.17 Å². The van der Waals surface area contributed by atoms with Crippen molar-refractivity contribution in [2.45, 2.75) is 100 Å². The van der Waals surface area contributed by atoms with E-state index < -0.39 is 5.91 Å². The zero-order valence-corrected chi connectivity index (χ0v) is 20.8. The van der Waals surface area contributed by atoms with Crippen LogP contribution in [0.25, 0.3) is 0 Å². The van der Waals surface area contributed by atoms with Gasteiger partial charge in [-0.1, -0.05) is 0 Å². The summed E-state index contributed by atoms with van der Waals surface area (Å²) in [7, 11) is 0. The van der Waals surface area contributed by atoms with E-state index in [1.807, 2.05) is 0 Å². The summed E-state index contributed by atoms with van der Waals surface area (Å²) >= 11 is 0. The third kappa shape index (κ3) is 3.38. The Bertz CT molecular complexity index is 756. The van der Waals surface area contributed by atoms with E-state index in [-0.39, 0.29) is 17.2 Å². The number of rotatable bonds is 5. The molecule has 10 rings (SSSR count). The Morgan fingerprint density at radius 1 is 0.706 bits per heavy atom. The first-order valence-electron chi connectivity index (χ1n) is 14.6. The average molecular weight is 465 g/mol. The van der Waals surface area contributed by atoms with Crippen LogP contribution in [0.5, 0.6) is 0 Å². The number of hydrogen-bond donors (Lipinski definition) is 4. The molecular weight excluding hydrogens is 420 g/mol. The summed E-state index contributed by atoms with van der Waals surface area (Å²) in [6.07, 6.45) is 23.8. The summed E-state index contributed by atoms with van der Waals surface area (Å²) in [5.41, 5.74) is 0.486. The van der Waals surface area contributed by atoms with Crippen LogP contribution in [0.1, 0.15) is 77.0 Å². The number of aliphatic imine (C=N–C) groups is 1. The molecule has 34 heavy (non-hydrogen) atoms. The normalized spacial score (nSPS) is 54.8. The summed E-state index contributed by atoms with van der Waals surface area (Å²) < 4.78 is 0. The van der Waals surface area contributed by atoms with Crippen LogP contribution in [0.2, 0.25) is 0 Å². The lowest BCUT2D eigenvalue weighted by atomic mass is 9.52. The van der Waals surface area contributed by atoms with Gasteiger partial charge in [0.2, 0.25) is 5.91 Å². The highest BCUT2D eigenvalue weighted by Crippen LogP contribution is 2.58. The Morgan fingerprint density at radius 2 is 1.21 bits per heavy atom. The highest BCUT2D eigenvalue weighted by atomic mass is 15.6. The van der Waals surface area contributed by atoms with Crippen LogP contribution in [-0.2, 0) is 0 Å². The molecule has 1 saturated heterocycles. The number of piperazine rings is 1. The summed E-state index contributed by atoms with van der Waals surface area (Å²) in [5, 5.41) is 16.3. The molecule has 8 saturated carbocycles. The Labute approximate surface area is 205 Å². The van der Waals surface area contributed by atoms with Crippen molar-refractivity contribution in [1.82, 2.24) is 26.2 Å². The molecule has 8 aliphatic carbocycles. The lowest BCUT2D eigenvalue weighted by molar-refractivity contribution is -0.112. The molecule has 0 radical (unpaired) electrons. The van der Waals surface area contributed by atoms with Crippen molar-refractivity contribution in [3.05, 3.63) is 12.3 Å². The van der Waals surface area contributed by atoms with E-state index in [0.717, 1.165) is 55.1 Å². The van der Waals surface area contributed by atoms with E-state index in [2.05, 4.69) is 44.7 Å². The van der Waals surface area contributed by atoms with E-state index in [9.17, 15) is 0 Å². The van der Waals surface area contributed by atoms with Gasteiger partial charge in [-0.05, 0) is 119 Å². The number of nitrogens with one attached hydrogen (secondary N) is 4. The van der Waals surface area contributed by atoms with Gasteiger partial charge < -0.3 is 10.2 Å². The highest BCUT2D eigenvalue weighted by Gasteiger charge is 2.59. The summed E-state index contributed by atoms with van der Waals surface area (Å²) in [5.74, 6) is 5.05. The minimum Gasteiger partial charge on any atom is -0.312 e. The minimum atomic E-state index is -0.539. The van der Waals surface area contributed by atoms with Gasteiger partial charge in [0, 0.05) is 43.1 Å². The maximum absolute atomic E-state index is 5.39. The molecule has 9 fully saturated rings. The fourth-order valence-corrected chi connectivity index (χ4v) is 11.1. The molecule has 0 aromatic heterocycles. The molecule has 0 spiro atoms. The monoisotopic (exact) mass is 464 g/mol. The van der Waals surface area contributed by atoms with Gasteiger partial charge in [-0.2, -0.15) is 0 Å². The summed E-state index contributed by atoms with van der Waals surface area (Å²) in [6, 6.07) is 0. The molecule has 2 aliphatic heterocycles. The van der Waals surface area contributed by atoms with Gasteiger partial charge in [-0.15, -0.1) is 0 Å². The quantitative estimate of drug-likeness (QED) is 0.471. The van der Waals surface area contributed by atoms with Crippen molar-refractivity contribution >= 4 is 6.21 Å². The first-order valence-corrected chi connectivity index (χ1v) is 14.6. The van der Waals surface area contributed by atoms with E-state index in [4.69, 9.17) is 4.99 Å². The molecule has 10 aliphatic rings. The number of allylic oxidation sites excluding steroid dienone is 1. The Kier molecular flexibility index (Phi) is 4.69. The molecular formula is C28H44N6. The largest absolute Gasteiger partial charge is 0.312 e. The minimum absolute atomic E-state index is 0.243. The number of hydrogen-bond acceptors (Lipinski definition) is 6. The second kappa shape index (κ2) is 7.53. The predicted molar refractivity (Wildman–Crippen MR) is 135 cm³/mol. The zero-order valence-electron chi connectivity index (χ0n) is 20.8. The maximum Gasteiger partial charge on any atom is 0.248 e. The Balaban J connectivity index is 1.17. The van der Waals surface area contributed by atoms with Gasteiger partial charge in [0.1, 0.15) is 0 Å². The standard InChI is InChI=1S/C28H44N6/c1-2-31-28(34(5-1)25-18-29-3-4-30-25,32-26-12-19-6-20(13-26)8-21(7-19)14-26)33-27-15-22-9-23(16-27)11-24(10-22)17-27/h1-2,5,19-25,29-30,32-33H,3-4,6-18H2. The second-order valence-electron chi connectivity index (χ2n) is 14.0. The molecule has 1 unspecified atom stereocenters. The van der Waals surface area contributed by atoms with E-state index >= 15 is 0 Å². The average Bonchev–Trinajstić information content (AvgIpc) is 2.77. The molecule has 6 heteroatoms. The third-order valence-corrected chi connectivity index (χ3v) is 11.3. The van der Waals surface area contributed by atoms with E-state index in [0.29, 0.717) is 0 Å². The Hall–Kier alpha value is -0.950. The molecule has 4 N–H and O–H groups in total. The Morgan fingerprint density at radius 3 is 1.65 bits per heavy atom. The predicted octanol–water partition coefficient (Wildman–Crippen LogP) is 3.13. The first-order chi connectivity index (χ1) is 16.6. The molecule has 1 atom stereocenters. The van der Waals surface area contributed by atoms with Crippen molar-refractivity contribution in [1.29, 1.82) is 0 Å². The lowest BCUT2D eigenvalue weighted by Gasteiger charge is -2.64. The van der Waals surface area contributed by atoms with Crippen molar-refractivity contribution in [3.63, 3.8) is 0 Å². The molecule has 8 bridgehead atoms. The van der Waals surface area contributed by atoms with Crippen LogP contribution in [0.4, 0.5) is 0 Å². The van der Waals surface area contributed by atoms with Crippen molar-refractivity contribution in [2.75, 3.05) is 19.6 Å². The van der Waals surface area contributed by atoms with Crippen LogP contribution in [0.3, 0.4) is 0 Å². The summed E-state index contributed by atoms with van der Waals surface area (Å²) in [4.78, 5) is 7.93. The van der Waals surface area contributed by atoms with E-state index in [1.54, 1.807) is 0 Å². The topological polar surface area (TPSA) is 63.7 Å². The summed E-state index contributed by atoms with van der Waals surface area (Å²) in [6.45, 7) is 3.03. The SMILES string of the molecule is C1=CN(C2CNCCN2)C(NC23CC4CC(CC(C4)C2)C3)(NC23CC4CC(CC(C4)C2)C3)N=C1. The molecule has 6 nitrogen and oxygen atoms in total. The van der Waals surface area contributed by atoms with Gasteiger partial charge >= 0.3 is 0 Å². The smallest absolute Gasteiger partial charge is 0.248 e. The lowest BCUT2D eigenvalue weighted by Crippen LogP contribution is -2.81. The van der Waals surface area contributed by atoms with Crippen molar-refractivity contribution in [2.24, 2.45) is 40.5 Å². The van der Waals surface area contributed by atoms with E-state index in [1.165, 1.54) is 77.0 Å². The van der Waals surface area contributed by atoms with Gasteiger partial charge in [0.15, 0.2) is 0 Å². The van der Waals surface area contributed by atoms with Gasteiger partial charge in [-0.3, -0.25) is 16.0 Å². The van der Waals surface area contributed by atoms with Gasteiger partial charge in [0.25, 0.3) is 0 Å². The first kappa shape index (κ1) is 21.2. The van der Waals surface area contributed by atoms with Gasteiger partial charge in [-0.25, -0.2) is 4.99 Å². The molecule has 0 aromatic carbocycles. The highest BCUT2D eigenvalue weighted by molar-refractivity contribution is 5.72. The fourth-order valence-electron chi connectivity index (χ4n) is 11.1. The van der Waals surface area contributed by atoms with Crippen LogP contribution in [-0.4, -0.2) is 53.9 Å². The maximum atomic E-state index is 5.39. The number of nitrogens with zero attached hydrogens (tertiary/aromatic N) is 2. The van der Waals surface area contributed by atoms with Crippen LogP contribution >= 0.6 is 0 Å². The molecule has 186 valence electrons. The third-order valence-electron chi connectivity index (χ3n) is 11.3. The fraction of sp³-hybridized carbons (Fsp3) is 0.893. The molecule has 2 heterocycles. The zero-order chi connectivity index (χ0) is 22.4. The van der Waals surface area contributed by atoms with Crippen LogP contribution in [0, 0.1) is 35.5 Å². The molecule has 0 aromatic rings. The van der Waals surface area contributed by atoms with Crippen LogP contribution in [0.15, 0.2) is 17.3 Å². The van der Waals surface area contributed by atoms with Crippen molar-refractivity contribution in [3.8, 4) is 0 Å².